The van der Waals surface area contributed by atoms with Gasteiger partial charge in [-0.3, -0.25) is 4.79 Å². The van der Waals surface area contributed by atoms with E-state index in [0.29, 0.717) is 18.0 Å². The van der Waals surface area contributed by atoms with Gasteiger partial charge in [0.1, 0.15) is 0 Å². The average Bonchev–Trinajstić information content (AvgIpc) is 2.25. The van der Waals surface area contributed by atoms with E-state index in [-0.39, 0.29) is 5.91 Å². The van der Waals surface area contributed by atoms with Crippen LogP contribution in [0.1, 0.15) is 32.8 Å². The Kier molecular flexibility index (Phi) is 4.69. The highest BCUT2D eigenvalue weighted by Gasteiger charge is 2.04. The van der Waals surface area contributed by atoms with Crippen LogP contribution in [0.2, 0.25) is 0 Å². The summed E-state index contributed by atoms with van der Waals surface area (Å²) in [5, 5.41) is 4.05. The summed E-state index contributed by atoms with van der Waals surface area (Å²) in [6.07, 6.45) is 0.480. The van der Waals surface area contributed by atoms with Crippen LogP contribution >= 0.6 is 0 Å². The van der Waals surface area contributed by atoms with Gasteiger partial charge in [-0.05, 0) is 30.5 Å². The van der Waals surface area contributed by atoms with E-state index < -0.39 is 0 Å². The van der Waals surface area contributed by atoms with Crippen LogP contribution in [0.3, 0.4) is 0 Å². The summed E-state index contributed by atoms with van der Waals surface area (Å²) in [6.45, 7) is 5.83. The van der Waals surface area contributed by atoms with Crippen molar-refractivity contribution in [1.29, 1.82) is 0 Å². The monoisotopic (exact) mass is 233 g/mol. The molecule has 0 saturated heterocycles. The van der Waals surface area contributed by atoms with Crippen molar-refractivity contribution < 1.29 is 4.79 Å². The Morgan fingerprint density at radius 3 is 2.76 bits per heavy atom. The standard InChI is InChI=1S/C13H19N3O/c1-9(2)7-13(17)16-15-10(3)11-5-4-6-12(14)8-11/h4-6,8-9H,7,14H2,1-3H3,(H,16,17). The lowest BCUT2D eigenvalue weighted by Crippen LogP contribution is -2.20. The van der Waals surface area contributed by atoms with E-state index in [0.717, 1.165) is 11.3 Å². The van der Waals surface area contributed by atoms with Crippen LogP contribution < -0.4 is 11.2 Å². The summed E-state index contributed by atoms with van der Waals surface area (Å²) in [5.41, 5.74) is 10.6. The van der Waals surface area contributed by atoms with Gasteiger partial charge >= 0.3 is 0 Å². The molecule has 92 valence electrons. The Balaban J connectivity index is 2.64. The molecule has 3 N–H and O–H groups in total. The smallest absolute Gasteiger partial charge is 0.240 e. The highest BCUT2D eigenvalue weighted by Crippen LogP contribution is 2.07. The molecule has 0 radical (unpaired) electrons. The molecule has 0 heterocycles. The van der Waals surface area contributed by atoms with Gasteiger partial charge in [0.25, 0.3) is 0 Å². The van der Waals surface area contributed by atoms with E-state index in [4.69, 9.17) is 5.73 Å². The summed E-state index contributed by atoms with van der Waals surface area (Å²) in [5.74, 6) is 0.265. The predicted molar refractivity (Wildman–Crippen MR) is 70.7 cm³/mol. The van der Waals surface area contributed by atoms with Crippen molar-refractivity contribution in [2.24, 2.45) is 11.0 Å². The number of anilines is 1. The molecule has 0 aliphatic rings. The van der Waals surface area contributed by atoms with Gasteiger partial charge in [0.15, 0.2) is 0 Å². The van der Waals surface area contributed by atoms with Crippen LogP contribution in [0.25, 0.3) is 0 Å². The zero-order valence-electron chi connectivity index (χ0n) is 10.5. The molecule has 1 amide bonds. The van der Waals surface area contributed by atoms with Crippen LogP contribution in [0.4, 0.5) is 5.69 Å². The summed E-state index contributed by atoms with van der Waals surface area (Å²) in [7, 11) is 0. The maximum absolute atomic E-state index is 11.4. The Morgan fingerprint density at radius 2 is 2.18 bits per heavy atom. The first-order valence-electron chi connectivity index (χ1n) is 5.68. The molecule has 1 aromatic rings. The molecular formula is C13H19N3O. The SMILES string of the molecule is CC(=NNC(=O)CC(C)C)c1cccc(N)c1. The first kappa shape index (κ1) is 13.2. The number of carbonyl (C=O) groups is 1. The van der Waals surface area contributed by atoms with Gasteiger partial charge < -0.3 is 5.73 Å². The number of carbonyl (C=O) groups excluding carboxylic acids is 1. The Labute approximate surface area is 102 Å². The highest BCUT2D eigenvalue weighted by molar-refractivity contribution is 5.99. The van der Waals surface area contributed by atoms with Crippen molar-refractivity contribution in [1.82, 2.24) is 5.43 Å². The van der Waals surface area contributed by atoms with Crippen LogP contribution in [0.15, 0.2) is 29.4 Å². The van der Waals surface area contributed by atoms with Gasteiger partial charge in [0.2, 0.25) is 5.91 Å². The van der Waals surface area contributed by atoms with Gasteiger partial charge in [0.05, 0.1) is 5.71 Å². The molecule has 4 nitrogen and oxygen atoms in total. The molecule has 0 saturated carbocycles. The molecule has 0 spiro atoms. The maximum atomic E-state index is 11.4. The number of nitrogens with one attached hydrogen (secondary N) is 1. The molecule has 0 aliphatic carbocycles. The number of nitrogens with zero attached hydrogens (tertiary/aromatic N) is 1. The number of hydrogen-bond acceptors (Lipinski definition) is 3. The van der Waals surface area contributed by atoms with Crippen LogP contribution in [-0.4, -0.2) is 11.6 Å². The second kappa shape index (κ2) is 6.03. The van der Waals surface area contributed by atoms with Crippen LogP contribution in [-0.2, 0) is 4.79 Å². The number of rotatable bonds is 4. The van der Waals surface area contributed by atoms with Crippen molar-refractivity contribution in [2.45, 2.75) is 27.2 Å². The van der Waals surface area contributed by atoms with Crippen LogP contribution in [0, 0.1) is 5.92 Å². The van der Waals surface area contributed by atoms with E-state index in [1.54, 1.807) is 0 Å². The van der Waals surface area contributed by atoms with Crippen molar-refractivity contribution in [2.75, 3.05) is 5.73 Å². The lowest BCUT2D eigenvalue weighted by Gasteiger charge is -2.05. The number of nitrogens with two attached hydrogens (primary N) is 1. The number of amides is 1. The quantitative estimate of drug-likeness (QED) is 0.475. The number of hydrogen-bond donors (Lipinski definition) is 2. The minimum atomic E-state index is -0.0664. The van der Waals surface area contributed by atoms with Crippen molar-refractivity contribution in [3.63, 3.8) is 0 Å². The minimum Gasteiger partial charge on any atom is -0.399 e. The Hall–Kier alpha value is -1.84. The summed E-state index contributed by atoms with van der Waals surface area (Å²) >= 11 is 0. The van der Waals surface area contributed by atoms with Crippen molar-refractivity contribution >= 4 is 17.3 Å². The molecule has 4 heteroatoms. The predicted octanol–water partition coefficient (Wildman–Crippen LogP) is 2.16. The van der Waals surface area contributed by atoms with Gasteiger partial charge in [-0.25, -0.2) is 5.43 Å². The third-order valence-corrected chi connectivity index (χ3v) is 2.25. The molecular weight excluding hydrogens is 214 g/mol. The zero-order chi connectivity index (χ0) is 12.8. The van der Waals surface area contributed by atoms with Gasteiger partial charge in [0, 0.05) is 12.1 Å². The van der Waals surface area contributed by atoms with E-state index in [9.17, 15) is 4.79 Å². The molecule has 0 fully saturated rings. The van der Waals surface area contributed by atoms with Gasteiger partial charge in [-0.15, -0.1) is 0 Å². The fraction of sp³-hybridized carbons (Fsp3) is 0.385. The van der Waals surface area contributed by atoms with E-state index in [1.807, 2.05) is 45.0 Å². The molecule has 0 aromatic heterocycles. The van der Waals surface area contributed by atoms with E-state index in [2.05, 4.69) is 10.5 Å². The molecule has 0 atom stereocenters. The Morgan fingerprint density at radius 1 is 1.47 bits per heavy atom. The molecule has 0 bridgehead atoms. The second-order valence-corrected chi connectivity index (χ2v) is 4.46. The third-order valence-electron chi connectivity index (χ3n) is 2.25. The van der Waals surface area contributed by atoms with Crippen molar-refractivity contribution in [3.05, 3.63) is 29.8 Å². The molecule has 0 unspecified atom stereocenters. The first-order chi connectivity index (χ1) is 7.99. The highest BCUT2D eigenvalue weighted by atomic mass is 16.2. The Bertz CT molecular complexity index is 424. The fourth-order valence-electron chi connectivity index (χ4n) is 1.39. The number of benzene rings is 1. The molecule has 1 rings (SSSR count). The van der Waals surface area contributed by atoms with Gasteiger partial charge in [-0.2, -0.15) is 5.10 Å². The van der Waals surface area contributed by atoms with Crippen LogP contribution in [0.5, 0.6) is 0 Å². The summed E-state index contributed by atoms with van der Waals surface area (Å²) < 4.78 is 0. The topological polar surface area (TPSA) is 67.5 Å². The summed E-state index contributed by atoms with van der Waals surface area (Å²) in [6, 6.07) is 7.41. The molecule has 1 aromatic carbocycles. The van der Waals surface area contributed by atoms with E-state index >= 15 is 0 Å². The number of hydrazone groups is 1. The molecule has 0 aliphatic heterocycles. The normalized spacial score (nSPS) is 11.6. The second-order valence-electron chi connectivity index (χ2n) is 4.46. The van der Waals surface area contributed by atoms with E-state index in [1.165, 1.54) is 0 Å². The first-order valence-corrected chi connectivity index (χ1v) is 5.68. The van der Waals surface area contributed by atoms with Gasteiger partial charge in [-0.1, -0.05) is 26.0 Å². The average molecular weight is 233 g/mol. The maximum Gasteiger partial charge on any atom is 0.240 e. The lowest BCUT2D eigenvalue weighted by atomic mass is 10.1. The van der Waals surface area contributed by atoms with Crippen molar-refractivity contribution in [3.8, 4) is 0 Å². The molecule has 17 heavy (non-hydrogen) atoms. The lowest BCUT2D eigenvalue weighted by molar-refractivity contribution is -0.121. The minimum absolute atomic E-state index is 0.0664. The third kappa shape index (κ3) is 4.68. The largest absolute Gasteiger partial charge is 0.399 e. The summed E-state index contributed by atoms with van der Waals surface area (Å²) in [4.78, 5) is 11.4. The fourth-order valence-corrected chi connectivity index (χ4v) is 1.39. The number of nitrogen functional groups attached to an aromatic ring is 1. The zero-order valence-corrected chi connectivity index (χ0v) is 10.5.